The van der Waals surface area contributed by atoms with E-state index < -0.39 is 0 Å². The number of nitrogens with zero attached hydrogens (tertiary/aromatic N) is 3. The van der Waals surface area contributed by atoms with Gasteiger partial charge in [0.05, 0.1) is 0 Å². The number of hydrogen-bond donors (Lipinski definition) is 0. The van der Waals surface area contributed by atoms with Gasteiger partial charge in [-0.15, -0.1) is 0 Å². The Morgan fingerprint density at radius 3 is 1.96 bits per heavy atom. The second kappa shape index (κ2) is 9.89. The second-order valence-electron chi connectivity index (χ2n) is 9.01. The first kappa shape index (κ1) is 19.9. The van der Waals surface area contributed by atoms with Crippen LogP contribution in [0.1, 0.15) is 73.7 Å². The molecule has 28 heavy (non-hydrogen) atoms. The van der Waals surface area contributed by atoms with Gasteiger partial charge in [-0.2, -0.15) is 0 Å². The summed E-state index contributed by atoms with van der Waals surface area (Å²) in [4.78, 5) is 20.3. The molecule has 0 aliphatic carbocycles. The molecule has 1 aromatic carbocycles. The van der Waals surface area contributed by atoms with Crippen LogP contribution in [0, 0.1) is 0 Å². The van der Waals surface area contributed by atoms with Crippen LogP contribution < -0.4 is 0 Å². The lowest BCUT2D eigenvalue weighted by Crippen LogP contribution is -2.47. The third-order valence-electron chi connectivity index (χ3n) is 6.96. The SMILES string of the molecule is O=C(c1ccc(CN2CCCCC2)cc1)N1CCC(N2CCCCCC2)CC1. The first-order valence-electron chi connectivity index (χ1n) is 11.6. The van der Waals surface area contributed by atoms with Gasteiger partial charge in [-0.1, -0.05) is 31.4 Å². The van der Waals surface area contributed by atoms with Crippen LogP contribution in [0.3, 0.4) is 0 Å². The molecule has 0 radical (unpaired) electrons. The maximum atomic E-state index is 12.9. The molecular formula is C24H37N3O. The molecule has 0 spiro atoms. The third-order valence-corrected chi connectivity index (χ3v) is 6.96. The summed E-state index contributed by atoms with van der Waals surface area (Å²) < 4.78 is 0. The van der Waals surface area contributed by atoms with Gasteiger partial charge in [0.25, 0.3) is 5.91 Å². The number of likely N-dealkylation sites (tertiary alicyclic amines) is 3. The highest BCUT2D eigenvalue weighted by Gasteiger charge is 2.27. The molecule has 4 rings (SSSR count). The predicted octanol–water partition coefficient (Wildman–Crippen LogP) is 4.15. The van der Waals surface area contributed by atoms with Crippen molar-refractivity contribution in [3.05, 3.63) is 35.4 Å². The highest BCUT2D eigenvalue weighted by molar-refractivity contribution is 5.94. The summed E-state index contributed by atoms with van der Waals surface area (Å²) in [6.45, 7) is 7.80. The van der Waals surface area contributed by atoms with Gasteiger partial charge < -0.3 is 9.80 Å². The standard InChI is InChI=1S/C24H37N3O/c28-24(22-10-8-21(9-11-22)20-25-14-4-3-5-15-25)27-18-12-23(13-19-27)26-16-6-1-2-7-17-26/h8-11,23H,1-7,12-20H2. The van der Waals surface area contributed by atoms with Gasteiger partial charge in [0.15, 0.2) is 0 Å². The quantitative estimate of drug-likeness (QED) is 0.781. The maximum absolute atomic E-state index is 12.9. The van der Waals surface area contributed by atoms with Gasteiger partial charge in [-0.25, -0.2) is 0 Å². The molecule has 1 aromatic rings. The molecule has 0 unspecified atom stereocenters. The molecule has 0 atom stereocenters. The Hall–Kier alpha value is -1.39. The third kappa shape index (κ3) is 5.15. The molecule has 0 N–H and O–H groups in total. The van der Waals surface area contributed by atoms with Crippen molar-refractivity contribution in [3.8, 4) is 0 Å². The fourth-order valence-electron chi connectivity index (χ4n) is 5.21. The van der Waals surface area contributed by atoms with E-state index in [-0.39, 0.29) is 5.91 Å². The predicted molar refractivity (Wildman–Crippen MR) is 115 cm³/mol. The summed E-state index contributed by atoms with van der Waals surface area (Å²) in [5.74, 6) is 0.221. The zero-order valence-electron chi connectivity index (χ0n) is 17.5. The number of piperidine rings is 2. The topological polar surface area (TPSA) is 26.8 Å². The van der Waals surface area contributed by atoms with E-state index in [1.165, 1.54) is 76.7 Å². The van der Waals surface area contributed by atoms with Crippen LogP contribution in [0.2, 0.25) is 0 Å². The van der Waals surface area contributed by atoms with Gasteiger partial charge in [0.2, 0.25) is 0 Å². The van der Waals surface area contributed by atoms with Gasteiger partial charge in [-0.3, -0.25) is 9.69 Å². The average Bonchev–Trinajstić information content (AvgIpc) is 3.04. The van der Waals surface area contributed by atoms with Crippen molar-refractivity contribution in [2.24, 2.45) is 0 Å². The van der Waals surface area contributed by atoms with Gasteiger partial charge in [-0.05, 0) is 82.4 Å². The van der Waals surface area contributed by atoms with Crippen molar-refractivity contribution in [2.75, 3.05) is 39.3 Å². The summed E-state index contributed by atoms with van der Waals surface area (Å²) in [5.41, 5.74) is 2.19. The molecule has 1 amide bonds. The van der Waals surface area contributed by atoms with E-state index >= 15 is 0 Å². The Morgan fingerprint density at radius 1 is 0.750 bits per heavy atom. The second-order valence-corrected chi connectivity index (χ2v) is 9.01. The lowest BCUT2D eigenvalue weighted by molar-refractivity contribution is 0.0623. The van der Waals surface area contributed by atoms with Crippen molar-refractivity contribution in [2.45, 2.75) is 70.4 Å². The highest BCUT2D eigenvalue weighted by Crippen LogP contribution is 2.22. The smallest absolute Gasteiger partial charge is 0.253 e. The number of carbonyl (C=O) groups excluding carboxylic acids is 1. The van der Waals surface area contributed by atoms with E-state index in [0.29, 0.717) is 6.04 Å². The molecule has 3 heterocycles. The molecule has 4 nitrogen and oxygen atoms in total. The number of carbonyl (C=O) groups is 1. The summed E-state index contributed by atoms with van der Waals surface area (Å²) in [6, 6.07) is 9.09. The normalized spacial score (nSPS) is 23.5. The van der Waals surface area contributed by atoms with Crippen molar-refractivity contribution < 1.29 is 4.79 Å². The lowest BCUT2D eigenvalue weighted by Gasteiger charge is -2.38. The Morgan fingerprint density at radius 2 is 1.32 bits per heavy atom. The minimum atomic E-state index is 0.221. The van der Waals surface area contributed by atoms with E-state index in [9.17, 15) is 4.79 Å². The van der Waals surface area contributed by atoms with Gasteiger partial charge in [0, 0.05) is 31.2 Å². The summed E-state index contributed by atoms with van der Waals surface area (Å²) in [5, 5.41) is 0. The number of amides is 1. The zero-order chi connectivity index (χ0) is 19.2. The van der Waals surface area contributed by atoms with E-state index in [1.54, 1.807) is 0 Å². The first-order valence-corrected chi connectivity index (χ1v) is 11.6. The number of benzene rings is 1. The molecule has 0 aromatic heterocycles. The first-order chi connectivity index (χ1) is 13.8. The molecular weight excluding hydrogens is 346 g/mol. The van der Waals surface area contributed by atoms with Crippen molar-refractivity contribution in [1.82, 2.24) is 14.7 Å². The largest absolute Gasteiger partial charge is 0.339 e. The lowest BCUT2D eigenvalue weighted by atomic mass is 10.0. The van der Waals surface area contributed by atoms with Crippen molar-refractivity contribution >= 4 is 5.91 Å². The zero-order valence-corrected chi connectivity index (χ0v) is 17.5. The van der Waals surface area contributed by atoms with E-state index in [0.717, 1.165) is 38.0 Å². The Bertz CT molecular complexity index is 607. The molecule has 3 aliphatic rings. The fraction of sp³-hybridized carbons (Fsp3) is 0.708. The molecule has 3 fully saturated rings. The van der Waals surface area contributed by atoms with Crippen LogP contribution >= 0.6 is 0 Å². The highest BCUT2D eigenvalue weighted by atomic mass is 16.2. The minimum Gasteiger partial charge on any atom is -0.339 e. The Kier molecular flexibility index (Phi) is 7.03. The number of rotatable bonds is 4. The van der Waals surface area contributed by atoms with Crippen molar-refractivity contribution in [1.29, 1.82) is 0 Å². The minimum absolute atomic E-state index is 0.221. The van der Waals surface area contributed by atoms with Crippen molar-refractivity contribution in [3.63, 3.8) is 0 Å². The van der Waals surface area contributed by atoms with Gasteiger partial charge in [0.1, 0.15) is 0 Å². The van der Waals surface area contributed by atoms with Crippen LogP contribution in [0.15, 0.2) is 24.3 Å². The van der Waals surface area contributed by atoms with E-state index in [4.69, 9.17) is 0 Å². The monoisotopic (exact) mass is 383 g/mol. The fourth-order valence-corrected chi connectivity index (χ4v) is 5.21. The van der Waals surface area contributed by atoms with Crippen LogP contribution in [-0.2, 0) is 6.54 Å². The summed E-state index contributed by atoms with van der Waals surface area (Å²) in [7, 11) is 0. The van der Waals surface area contributed by atoms with Crippen LogP contribution in [0.25, 0.3) is 0 Å². The van der Waals surface area contributed by atoms with Crippen LogP contribution in [0.5, 0.6) is 0 Å². The average molecular weight is 384 g/mol. The van der Waals surface area contributed by atoms with E-state index in [2.05, 4.69) is 26.8 Å². The maximum Gasteiger partial charge on any atom is 0.253 e. The molecule has 4 heteroatoms. The van der Waals surface area contributed by atoms with Crippen LogP contribution in [-0.4, -0.2) is 65.9 Å². The van der Waals surface area contributed by atoms with E-state index in [1.807, 2.05) is 12.1 Å². The number of hydrogen-bond acceptors (Lipinski definition) is 3. The molecule has 3 saturated heterocycles. The molecule has 0 bridgehead atoms. The summed E-state index contributed by atoms with van der Waals surface area (Å²) in [6.07, 6.45) is 11.8. The Labute approximate surface area is 170 Å². The molecule has 0 saturated carbocycles. The summed E-state index contributed by atoms with van der Waals surface area (Å²) >= 11 is 0. The van der Waals surface area contributed by atoms with Crippen LogP contribution in [0.4, 0.5) is 0 Å². The Balaban J connectivity index is 1.27. The van der Waals surface area contributed by atoms with Gasteiger partial charge >= 0.3 is 0 Å². The molecule has 154 valence electrons. The molecule has 3 aliphatic heterocycles.